The smallest absolute Gasteiger partial charge is 0.239 e. The Bertz CT molecular complexity index is 328. The second kappa shape index (κ2) is 6.60. The Morgan fingerprint density at radius 2 is 2.00 bits per heavy atom. The van der Waals surface area contributed by atoms with Crippen LogP contribution in [0.25, 0.3) is 0 Å². The van der Waals surface area contributed by atoms with E-state index in [0.29, 0.717) is 12.3 Å². The highest BCUT2D eigenvalue weighted by Crippen LogP contribution is 2.30. The third-order valence-corrected chi connectivity index (χ3v) is 1.92. The number of hydrogen-bond acceptors (Lipinski definition) is 5. The van der Waals surface area contributed by atoms with Crippen LogP contribution in [0.15, 0.2) is 21.7 Å². The molecule has 1 fully saturated rings. The van der Waals surface area contributed by atoms with Crippen LogP contribution in [0, 0.1) is 0 Å². The molecule has 0 heterocycles. The van der Waals surface area contributed by atoms with Crippen LogP contribution in [-0.4, -0.2) is 25.4 Å². The van der Waals surface area contributed by atoms with Crippen LogP contribution in [0.1, 0.15) is 26.2 Å². The Morgan fingerprint density at radius 1 is 1.38 bits per heavy atom. The largest absolute Gasteiger partial charge is 0.481 e. The monoisotopic (exact) mass is 224 g/mol. The van der Waals surface area contributed by atoms with Crippen LogP contribution in [0.2, 0.25) is 0 Å². The lowest BCUT2D eigenvalue weighted by Crippen LogP contribution is -2.15. The molecule has 0 aromatic rings. The van der Waals surface area contributed by atoms with E-state index in [1.165, 1.54) is 18.0 Å². The van der Waals surface area contributed by atoms with E-state index in [-0.39, 0.29) is 5.91 Å². The minimum atomic E-state index is -0.129. The van der Waals surface area contributed by atoms with E-state index < -0.39 is 0 Å². The third kappa shape index (κ3) is 4.59. The molecule has 88 valence electrons. The highest BCUT2D eigenvalue weighted by atomic mass is 16.5. The molecule has 0 spiro atoms. The number of carbonyl (C=O) groups is 1. The van der Waals surface area contributed by atoms with Gasteiger partial charge in [0.15, 0.2) is 0 Å². The predicted molar refractivity (Wildman–Crippen MR) is 61.8 cm³/mol. The normalized spacial score (nSPS) is 14.2. The number of nitrogens with one attached hydrogen (secondary N) is 2. The van der Waals surface area contributed by atoms with Crippen molar-refractivity contribution in [2.45, 2.75) is 26.2 Å². The first kappa shape index (κ1) is 12.2. The van der Waals surface area contributed by atoms with Crippen molar-refractivity contribution < 1.29 is 9.53 Å². The maximum absolute atomic E-state index is 10.8. The van der Waals surface area contributed by atoms with Gasteiger partial charge in [-0.05, 0) is 18.4 Å². The molecule has 1 saturated carbocycles. The Balaban J connectivity index is 2.22. The summed E-state index contributed by atoms with van der Waals surface area (Å²) >= 11 is 0. The van der Waals surface area contributed by atoms with Crippen LogP contribution in [-0.2, 0) is 9.53 Å². The summed E-state index contributed by atoms with van der Waals surface area (Å²) in [6.07, 6.45) is 5.37. The molecule has 1 aliphatic rings. The highest BCUT2D eigenvalue weighted by Gasteiger charge is 2.18. The number of hydrazone groups is 2. The molecular weight excluding hydrogens is 208 g/mol. The zero-order chi connectivity index (χ0) is 11.8. The molecule has 16 heavy (non-hydrogen) atoms. The lowest BCUT2D eigenvalue weighted by molar-refractivity contribution is -0.120. The topological polar surface area (TPSA) is 75.1 Å². The molecule has 0 atom stereocenters. The van der Waals surface area contributed by atoms with Crippen LogP contribution < -0.4 is 10.9 Å². The van der Waals surface area contributed by atoms with Gasteiger partial charge in [-0.2, -0.15) is 10.2 Å². The van der Waals surface area contributed by atoms with Crippen molar-refractivity contribution in [1.82, 2.24) is 10.9 Å². The van der Waals surface area contributed by atoms with E-state index in [9.17, 15) is 4.79 Å². The summed E-state index contributed by atoms with van der Waals surface area (Å²) in [5.74, 6) is 0.567. The van der Waals surface area contributed by atoms with E-state index in [0.717, 1.165) is 12.8 Å². The fourth-order valence-corrected chi connectivity index (χ4v) is 0.909. The minimum Gasteiger partial charge on any atom is -0.481 e. The van der Waals surface area contributed by atoms with Crippen molar-refractivity contribution in [2.75, 3.05) is 7.11 Å². The Hall–Kier alpha value is -1.85. The Kier molecular flexibility index (Phi) is 5.04. The van der Waals surface area contributed by atoms with Gasteiger partial charge < -0.3 is 4.74 Å². The first-order chi connectivity index (χ1) is 7.77. The quantitative estimate of drug-likeness (QED) is 0.396. The molecule has 6 heteroatoms. The van der Waals surface area contributed by atoms with Crippen LogP contribution in [0.4, 0.5) is 0 Å². The lowest BCUT2D eigenvalue weighted by Gasteiger charge is -2.02. The fourth-order valence-electron chi connectivity index (χ4n) is 0.909. The SMILES string of the molecule is CCC(=O)N/N=C/C=N/NC(OC)=C1CC1. The summed E-state index contributed by atoms with van der Waals surface area (Å²) in [6, 6.07) is 0. The molecule has 1 aliphatic carbocycles. The number of rotatable bonds is 6. The van der Waals surface area contributed by atoms with Crippen molar-refractivity contribution >= 4 is 18.3 Å². The molecular formula is C10H16N4O2. The van der Waals surface area contributed by atoms with Crippen molar-refractivity contribution in [1.29, 1.82) is 0 Å². The number of hydrogen-bond donors (Lipinski definition) is 2. The van der Waals surface area contributed by atoms with Gasteiger partial charge in [0.05, 0.1) is 19.5 Å². The summed E-state index contributed by atoms with van der Waals surface area (Å²) in [7, 11) is 1.60. The van der Waals surface area contributed by atoms with Gasteiger partial charge in [-0.15, -0.1) is 0 Å². The maximum Gasteiger partial charge on any atom is 0.239 e. The van der Waals surface area contributed by atoms with Gasteiger partial charge in [0.1, 0.15) is 0 Å². The molecule has 0 aromatic heterocycles. The second-order valence-electron chi connectivity index (χ2n) is 3.19. The number of nitrogens with zero attached hydrogens (tertiary/aromatic N) is 2. The molecule has 0 saturated heterocycles. The lowest BCUT2D eigenvalue weighted by atomic mass is 10.5. The summed E-state index contributed by atoms with van der Waals surface area (Å²) < 4.78 is 5.08. The highest BCUT2D eigenvalue weighted by molar-refractivity contribution is 6.16. The Morgan fingerprint density at radius 3 is 2.50 bits per heavy atom. The zero-order valence-electron chi connectivity index (χ0n) is 9.49. The first-order valence-electron chi connectivity index (χ1n) is 5.13. The van der Waals surface area contributed by atoms with Crippen LogP contribution in [0.3, 0.4) is 0 Å². The summed E-state index contributed by atoms with van der Waals surface area (Å²) in [4.78, 5) is 10.8. The molecule has 1 amide bonds. The van der Waals surface area contributed by atoms with Gasteiger partial charge in [0.2, 0.25) is 11.8 Å². The third-order valence-electron chi connectivity index (χ3n) is 1.92. The molecule has 1 rings (SSSR count). The summed E-state index contributed by atoms with van der Waals surface area (Å²) in [5.41, 5.74) is 6.33. The molecule has 0 unspecified atom stereocenters. The molecule has 2 N–H and O–H groups in total. The molecule has 0 bridgehead atoms. The number of allylic oxidation sites excluding steroid dienone is 1. The van der Waals surface area contributed by atoms with E-state index in [1.807, 2.05) is 0 Å². The maximum atomic E-state index is 10.8. The summed E-state index contributed by atoms with van der Waals surface area (Å²) in [5, 5.41) is 7.52. The first-order valence-corrected chi connectivity index (χ1v) is 5.13. The van der Waals surface area contributed by atoms with Gasteiger partial charge in [0, 0.05) is 6.42 Å². The Labute approximate surface area is 94.4 Å². The standard InChI is InChI=1S/C10H16N4O2/c1-3-9(15)13-11-6-7-12-14-10(16-2)8-4-5-8/h6-7,14H,3-5H2,1-2H3,(H,13,15)/b11-6+,12-7+. The van der Waals surface area contributed by atoms with Crippen LogP contribution in [0.5, 0.6) is 0 Å². The van der Waals surface area contributed by atoms with Gasteiger partial charge in [0.25, 0.3) is 0 Å². The van der Waals surface area contributed by atoms with Gasteiger partial charge in [-0.3, -0.25) is 4.79 Å². The van der Waals surface area contributed by atoms with E-state index >= 15 is 0 Å². The van der Waals surface area contributed by atoms with Gasteiger partial charge in [-0.25, -0.2) is 10.9 Å². The van der Waals surface area contributed by atoms with E-state index in [1.54, 1.807) is 14.0 Å². The second-order valence-corrected chi connectivity index (χ2v) is 3.19. The molecule has 0 aliphatic heterocycles. The van der Waals surface area contributed by atoms with Crippen LogP contribution >= 0.6 is 0 Å². The average Bonchev–Trinajstić information content (AvgIpc) is 3.12. The van der Waals surface area contributed by atoms with Crippen molar-refractivity contribution in [3.63, 3.8) is 0 Å². The number of ether oxygens (including phenoxy) is 1. The van der Waals surface area contributed by atoms with E-state index in [2.05, 4.69) is 21.1 Å². The minimum absolute atomic E-state index is 0.129. The molecule has 6 nitrogen and oxygen atoms in total. The molecule has 0 radical (unpaired) electrons. The van der Waals surface area contributed by atoms with E-state index in [4.69, 9.17) is 4.74 Å². The fraction of sp³-hybridized carbons (Fsp3) is 0.500. The number of amides is 1. The molecule has 0 aromatic carbocycles. The van der Waals surface area contributed by atoms with Crippen molar-refractivity contribution in [2.24, 2.45) is 10.2 Å². The van der Waals surface area contributed by atoms with Crippen molar-refractivity contribution in [3.8, 4) is 0 Å². The summed E-state index contributed by atoms with van der Waals surface area (Å²) in [6.45, 7) is 1.76. The van der Waals surface area contributed by atoms with Gasteiger partial charge in [-0.1, -0.05) is 6.92 Å². The number of carbonyl (C=O) groups excluding carboxylic acids is 1. The average molecular weight is 224 g/mol. The van der Waals surface area contributed by atoms with Crippen molar-refractivity contribution in [3.05, 3.63) is 11.5 Å². The predicted octanol–water partition coefficient (Wildman–Crippen LogP) is 0.726. The zero-order valence-corrected chi connectivity index (χ0v) is 9.49. The van der Waals surface area contributed by atoms with Gasteiger partial charge >= 0.3 is 0 Å². The number of methoxy groups -OCH3 is 1.